The van der Waals surface area contributed by atoms with Crippen molar-refractivity contribution in [1.29, 1.82) is 0 Å². The highest BCUT2D eigenvalue weighted by Crippen LogP contribution is 2.38. The molecular formula is C23H35N5O4. The van der Waals surface area contributed by atoms with Crippen LogP contribution in [0.25, 0.3) is 0 Å². The molecule has 1 fully saturated rings. The van der Waals surface area contributed by atoms with Crippen LogP contribution >= 0.6 is 0 Å². The fraction of sp³-hybridized carbons (Fsp3) is 0.565. The van der Waals surface area contributed by atoms with Crippen molar-refractivity contribution in [3.05, 3.63) is 35.2 Å². The Morgan fingerprint density at radius 2 is 1.72 bits per heavy atom. The second kappa shape index (κ2) is 11.1. The molecule has 2 aromatic rings. The predicted molar refractivity (Wildman–Crippen MR) is 124 cm³/mol. The van der Waals surface area contributed by atoms with Crippen molar-refractivity contribution in [2.75, 3.05) is 54.6 Å². The van der Waals surface area contributed by atoms with Gasteiger partial charge in [-0.3, -0.25) is 9.89 Å². The molecular weight excluding hydrogens is 410 g/mol. The molecule has 1 aliphatic rings. The van der Waals surface area contributed by atoms with Crippen LogP contribution in [0.5, 0.6) is 17.2 Å². The van der Waals surface area contributed by atoms with E-state index in [0.717, 1.165) is 55.7 Å². The third-order valence-corrected chi connectivity index (χ3v) is 5.60. The molecule has 32 heavy (non-hydrogen) atoms. The number of aromatic nitrogens is 1. The standard InChI is InChI=1S/C23H35N5O4/c1-16(2)19-13-18(32-26-19)14-25-23(24-3)28-9-7-27(8-10-28)15-17-11-20(29-4)22(31-6)21(12-17)30-5/h11-13,16H,7-10,14-15H2,1-6H3,(H,24,25). The molecule has 9 heteroatoms. The van der Waals surface area contributed by atoms with Gasteiger partial charge in [0.15, 0.2) is 23.2 Å². The molecule has 9 nitrogen and oxygen atoms in total. The topological polar surface area (TPSA) is 84.6 Å². The molecule has 3 rings (SSSR count). The van der Waals surface area contributed by atoms with E-state index in [0.29, 0.717) is 29.7 Å². The molecule has 0 bridgehead atoms. The minimum absolute atomic E-state index is 0.352. The zero-order valence-corrected chi connectivity index (χ0v) is 20.0. The summed E-state index contributed by atoms with van der Waals surface area (Å²) in [6, 6.07) is 6.02. The van der Waals surface area contributed by atoms with Crippen LogP contribution < -0.4 is 19.5 Å². The van der Waals surface area contributed by atoms with Gasteiger partial charge in [0.05, 0.1) is 33.6 Å². The highest BCUT2D eigenvalue weighted by atomic mass is 16.5. The quantitative estimate of drug-likeness (QED) is 0.491. The first-order valence-electron chi connectivity index (χ1n) is 10.9. The molecule has 0 unspecified atom stereocenters. The van der Waals surface area contributed by atoms with Crippen molar-refractivity contribution in [2.24, 2.45) is 4.99 Å². The van der Waals surface area contributed by atoms with E-state index in [1.807, 2.05) is 25.2 Å². The molecule has 1 aliphatic heterocycles. The molecule has 1 aromatic heterocycles. The van der Waals surface area contributed by atoms with Gasteiger partial charge in [-0.2, -0.15) is 0 Å². The van der Waals surface area contributed by atoms with Gasteiger partial charge in [-0.05, 0) is 23.6 Å². The van der Waals surface area contributed by atoms with Crippen LogP contribution in [-0.4, -0.2) is 75.5 Å². The van der Waals surface area contributed by atoms with Crippen molar-refractivity contribution in [2.45, 2.75) is 32.9 Å². The Hall–Kier alpha value is -2.94. The number of hydrogen-bond acceptors (Lipinski definition) is 7. The summed E-state index contributed by atoms with van der Waals surface area (Å²) >= 11 is 0. The Kier molecular flexibility index (Phi) is 8.21. The Balaban J connectivity index is 1.54. The Labute approximate surface area is 190 Å². The summed E-state index contributed by atoms with van der Waals surface area (Å²) in [5.74, 6) is 4.02. The van der Waals surface area contributed by atoms with E-state index in [1.54, 1.807) is 21.3 Å². The molecule has 1 saturated heterocycles. The largest absolute Gasteiger partial charge is 0.493 e. The molecule has 0 radical (unpaired) electrons. The van der Waals surface area contributed by atoms with Crippen LogP contribution in [0.15, 0.2) is 27.7 Å². The van der Waals surface area contributed by atoms with Gasteiger partial charge in [0.2, 0.25) is 5.75 Å². The normalized spacial score (nSPS) is 15.2. The maximum atomic E-state index is 5.48. The van der Waals surface area contributed by atoms with E-state index in [2.05, 4.69) is 39.1 Å². The number of ether oxygens (including phenoxy) is 3. The lowest BCUT2D eigenvalue weighted by Crippen LogP contribution is -2.52. The predicted octanol–water partition coefficient (Wildman–Crippen LogP) is 2.72. The summed E-state index contributed by atoms with van der Waals surface area (Å²) in [6.45, 7) is 9.21. The zero-order chi connectivity index (χ0) is 23.1. The number of aliphatic imine (C=N–C) groups is 1. The van der Waals surface area contributed by atoms with Gasteiger partial charge in [-0.25, -0.2) is 0 Å². The number of piperazine rings is 1. The number of rotatable bonds is 8. The lowest BCUT2D eigenvalue weighted by molar-refractivity contribution is 0.172. The SMILES string of the molecule is CN=C(NCc1cc(C(C)C)no1)N1CCN(Cc2cc(OC)c(OC)c(OC)c2)CC1. The van der Waals surface area contributed by atoms with E-state index in [9.17, 15) is 0 Å². The van der Waals surface area contributed by atoms with Gasteiger partial charge in [0, 0.05) is 45.8 Å². The van der Waals surface area contributed by atoms with Crippen LogP contribution in [0.1, 0.15) is 36.8 Å². The summed E-state index contributed by atoms with van der Waals surface area (Å²) in [5, 5.41) is 7.51. The second-order valence-corrected chi connectivity index (χ2v) is 8.07. The van der Waals surface area contributed by atoms with Gasteiger partial charge < -0.3 is 29.0 Å². The van der Waals surface area contributed by atoms with E-state index in [-0.39, 0.29) is 0 Å². The van der Waals surface area contributed by atoms with E-state index >= 15 is 0 Å². The summed E-state index contributed by atoms with van der Waals surface area (Å²) in [7, 11) is 6.71. The summed E-state index contributed by atoms with van der Waals surface area (Å²) < 4.78 is 21.8. The van der Waals surface area contributed by atoms with Gasteiger partial charge >= 0.3 is 0 Å². The third kappa shape index (κ3) is 5.64. The molecule has 0 aliphatic carbocycles. The van der Waals surface area contributed by atoms with E-state index in [1.165, 1.54) is 0 Å². The van der Waals surface area contributed by atoms with Crippen LogP contribution in [0.4, 0.5) is 0 Å². The minimum Gasteiger partial charge on any atom is -0.493 e. The molecule has 176 valence electrons. The zero-order valence-electron chi connectivity index (χ0n) is 20.0. The van der Waals surface area contributed by atoms with Crippen molar-refractivity contribution in [1.82, 2.24) is 20.3 Å². The average Bonchev–Trinajstić information content (AvgIpc) is 3.29. The summed E-state index contributed by atoms with van der Waals surface area (Å²) in [4.78, 5) is 9.13. The summed E-state index contributed by atoms with van der Waals surface area (Å²) in [5.41, 5.74) is 2.10. The van der Waals surface area contributed by atoms with Gasteiger partial charge in [-0.15, -0.1) is 0 Å². The maximum absolute atomic E-state index is 5.48. The average molecular weight is 446 g/mol. The fourth-order valence-electron chi connectivity index (χ4n) is 3.79. The van der Waals surface area contributed by atoms with Crippen molar-refractivity contribution >= 4 is 5.96 Å². The fourth-order valence-corrected chi connectivity index (χ4v) is 3.79. The van der Waals surface area contributed by atoms with Crippen LogP contribution in [0, 0.1) is 0 Å². The van der Waals surface area contributed by atoms with Crippen molar-refractivity contribution < 1.29 is 18.7 Å². The second-order valence-electron chi connectivity index (χ2n) is 8.07. The Morgan fingerprint density at radius 1 is 1.06 bits per heavy atom. The van der Waals surface area contributed by atoms with Gasteiger partial charge in [0.1, 0.15) is 0 Å². The molecule has 0 amide bonds. The highest BCUT2D eigenvalue weighted by molar-refractivity contribution is 5.79. The van der Waals surface area contributed by atoms with E-state index < -0.39 is 0 Å². The molecule has 1 aromatic carbocycles. The first-order valence-corrected chi connectivity index (χ1v) is 10.9. The van der Waals surface area contributed by atoms with Crippen LogP contribution in [-0.2, 0) is 13.1 Å². The van der Waals surface area contributed by atoms with Crippen LogP contribution in [0.2, 0.25) is 0 Å². The van der Waals surface area contributed by atoms with E-state index in [4.69, 9.17) is 18.7 Å². The molecule has 2 heterocycles. The number of nitrogens with zero attached hydrogens (tertiary/aromatic N) is 4. The first-order chi connectivity index (χ1) is 15.5. The van der Waals surface area contributed by atoms with Gasteiger partial charge in [-0.1, -0.05) is 19.0 Å². The molecule has 0 spiro atoms. The Bertz CT molecular complexity index is 879. The summed E-state index contributed by atoms with van der Waals surface area (Å²) in [6.07, 6.45) is 0. The lowest BCUT2D eigenvalue weighted by atomic mass is 10.1. The lowest BCUT2D eigenvalue weighted by Gasteiger charge is -2.36. The Morgan fingerprint density at radius 3 is 2.22 bits per heavy atom. The molecule has 1 N–H and O–H groups in total. The van der Waals surface area contributed by atoms with Crippen molar-refractivity contribution in [3.63, 3.8) is 0 Å². The third-order valence-electron chi connectivity index (χ3n) is 5.60. The van der Waals surface area contributed by atoms with Crippen LogP contribution in [0.3, 0.4) is 0 Å². The first kappa shape index (κ1) is 23.7. The maximum Gasteiger partial charge on any atom is 0.203 e. The molecule has 0 saturated carbocycles. The number of methoxy groups -OCH3 is 3. The number of hydrogen-bond donors (Lipinski definition) is 1. The number of nitrogens with one attached hydrogen (secondary N) is 1. The monoisotopic (exact) mass is 445 g/mol. The number of benzene rings is 1. The minimum atomic E-state index is 0.352. The smallest absolute Gasteiger partial charge is 0.203 e. The number of guanidine groups is 1. The molecule has 0 atom stereocenters. The van der Waals surface area contributed by atoms with Crippen molar-refractivity contribution in [3.8, 4) is 17.2 Å². The highest BCUT2D eigenvalue weighted by Gasteiger charge is 2.21. The van der Waals surface area contributed by atoms with Gasteiger partial charge in [0.25, 0.3) is 0 Å².